The van der Waals surface area contributed by atoms with Gasteiger partial charge in [-0.15, -0.1) is 11.8 Å². The van der Waals surface area contributed by atoms with Crippen molar-refractivity contribution in [2.75, 3.05) is 18.9 Å². The molecule has 0 amide bonds. The number of benzene rings is 1. The Balaban J connectivity index is 2.34. The van der Waals surface area contributed by atoms with E-state index < -0.39 is 32.1 Å². The summed E-state index contributed by atoms with van der Waals surface area (Å²) >= 11 is 1.18. The molecule has 0 aliphatic carbocycles. The average Bonchev–Trinajstić information content (AvgIpc) is 2.89. The van der Waals surface area contributed by atoms with Gasteiger partial charge < -0.3 is 4.74 Å². The van der Waals surface area contributed by atoms with E-state index in [1.165, 1.54) is 30.0 Å². The van der Waals surface area contributed by atoms with E-state index >= 15 is 0 Å². The zero-order chi connectivity index (χ0) is 14.8. The Morgan fingerprint density at radius 1 is 1.50 bits per heavy atom. The van der Waals surface area contributed by atoms with Gasteiger partial charge in [0, 0.05) is 12.3 Å². The third-order valence-corrected chi connectivity index (χ3v) is 5.97. The van der Waals surface area contributed by atoms with Gasteiger partial charge in [-0.1, -0.05) is 12.1 Å². The predicted octanol–water partition coefficient (Wildman–Crippen LogP) is 1.45. The van der Waals surface area contributed by atoms with Crippen molar-refractivity contribution in [1.82, 2.24) is 4.31 Å². The summed E-state index contributed by atoms with van der Waals surface area (Å²) in [6.45, 7) is 1.97. The first kappa shape index (κ1) is 15.3. The number of ether oxygens (including phenoxy) is 1. The fourth-order valence-electron chi connectivity index (χ4n) is 1.88. The SMILES string of the molecule is CCOC(=O)C1SCCN1S(=O)(=O)c1ccccc1F. The van der Waals surface area contributed by atoms with Crippen LogP contribution in [0.25, 0.3) is 0 Å². The van der Waals surface area contributed by atoms with Crippen molar-refractivity contribution in [3.8, 4) is 0 Å². The second kappa shape index (κ2) is 6.11. The molecule has 0 aromatic heterocycles. The van der Waals surface area contributed by atoms with Crippen molar-refractivity contribution >= 4 is 27.8 Å². The lowest BCUT2D eigenvalue weighted by molar-refractivity contribution is -0.144. The van der Waals surface area contributed by atoms with Crippen LogP contribution in [-0.2, 0) is 19.6 Å². The fraction of sp³-hybridized carbons (Fsp3) is 0.417. The smallest absolute Gasteiger partial charge is 0.334 e. The van der Waals surface area contributed by atoms with Gasteiger partial charge in [-0.05, 0) is 19.1 Å². The molecule has 1 aromatic rings. The summed E-state index contributed by atoms with van der Waals surface area (Å²) in [7, 11) is -4.05. The third kappa shape index (κ3) is 2.82. The number of sulfonamides is 1. The van der Waals surface area contributed by atoms with Crippen molar-refractivity contribution in [1.29, 1.82) is 0 Å². The van der Waals surface area contributed by atoms with E-state index in [0.29, 0.717) is 5.75 Å². The highest BCUT2D eigenvalue weighted by molar-refractivity contribution is 8.02. The Labute approximate surface area is 121 Å². The number of carbonyl (C=O) groups is 1. The van der Waals surface area contributed by atoms with Crippen molar-refractivity contribution < 1.29 is 22.3 Å². The molecular formula is C12H14FNO4S2. The third-order valence-electron chi connectivity index (χ3n) is 2.76. The fourth-order valence-corrected chi connectivity index (χ4v) is 5.01. The maximum atomic E-state index is 13.7. The minimum Gasteiger partial charge on any atom is -0.464 e. The highest BCUT2D eigenvalue weighted by Crippen LogP contribution is 2.31. The summed E-state index contributed by atoms with van der Waals surface area (Å²) in [5, 5.41) is -0.945. The first-order valence-corrected chi connectivity index (χ1v) is 8.52. The van der Waals surface area contributed by atoms with Gasteiger partial charge in [0.05, 0.1) is 6.61 Å². The summed E-state index contributed by atoms with van der Waals surface area (Å²) in [5.74, 6) is -0.973. The van der Waals surface area contributed by atoms with Gasteiger partial charge in [-0.3, -0.25) is 0 Å². The first-order chi connectivity index (χ1) is 9.48. The summed E-state index contributed by atoms with van der Waals surface area (Å²) < 4.78 is 44.4. The van der Waals surface area contributed by atoms with Gasteiger partial charge in [-0.2, -0.15) is 4.31 Å². The lowest BCUT2D eigenvalue weighted by atomic mass is 10.4. The molecule has 0 spiro atoms. The summed E-state index contributed by atoms with van der Waals surface area (Å²) in [6, 6.07) is 5.12. The number of nitrogens with zero attached hydrogens (tertiary/aromatic N) is 1. The van der Waals surface area contributed by atoms with Crippen LogP contribution < -0.4 is 0 Å². The van der Waals surface area contributed by atoms with Crippen molar-refractivity contribution in [2.24, 2.45) is 0 Å². The highest BCUT2D eigenvalue weighted by atomic mass is 32.2. The Morgan fingerprint density at radius 2 is 2.20 bits per heavy atom. The molecule has 1 atom stereocenters. The van der Waals surface area contributed by atoms with Gasteiger partial charge in [-0.25, -0.2) is 17.6 Å². The predicted molar refractivity (Wildman–Crippen MR) is 73.2 cm³/mol. The normalized spacial score (nSPS) is 20.0. The molecule has 0 bridgehead atoms. The number of halogens is 1. The molecule has 0 radical (unpaired) electrons. The van der Waals surface area contributed by atoms with Crippen molar-refractivity contribution in [3.05, 3.63) is 30.1 Å². The van der Waals surface area contributed by atoms with Crippen LogP contribution in [0.5, 0.6) is 0 Å². The van der Waals surface area contributed by atoms with Crippen LogP contribution >= 0.6 is 11.8 Å². The van der Waals surface area contributed by atoms with E-state index in [2.05, 4.69) is 0 Å². The van der Waals surface area contributed by atoms with E-state index in [0.717, 1.165) is 10.4 Å². The van der Waals surface area contributed by atoms with E-state index in [9.17, 15) is 17.6 Å². The summed E-state index contributed by atoms with van der Waals surface area (Å²) in [6.07, 6.45) is 0. The van der Waals surface area contributed by atoms with E-state index in [1.807, 2.05) is 0 Å². The van der Waals surface area contributed by atoms with E-state index in [4.69, 9.17) is 4.74 Å². The van der Waals surface area contributed by atoms with Crippen LogP contribution in [0, 0.1) is 5.82 Å². The minimum absolute atomic E-state index is 0.158. The molecule has 1 aromatic carbocycles. The van der Waals surface area contributed by atoms with Crippen molar-refractivity contribution in [2.45, 2.75) is 17.2 Å². The van der Waals surface area contributed by atoms with Gasteiger partial charge in [0.25, 0.3) is 0 Å². The Morgan fingerprint density at radius 3 is 2.85 bits per heavy atom. The molecule has 110 valence electrons. The molecule has 1 fully saturated rings. The number of rotatable bonds is 4. The van der Waals surface area contributed by atoms with Crippen LogP contribution in [0.15, 0.2) is 29.2 Å². The summed E-state index contributed by atoms with van der Waals surface area (Å²) in [4.78, 5) is 11.4. The number of hydrogen-bond acceptors (Lipinski definition) is 5. The monoisotopic (exact) mass is 319 g/mol. The van der Waals surface area contributed by atoms with Gasteiger partial charge in [0.15, 0.2) is 5.37 Å². The zero-order valence-electron chi connectivity index (χ0n) is 10.8. The van der Waals surface area contributed by atoms with E-state index in [-0.39, 0.29) is 13.2 Å². The molecule has 1 unspecified atom stereocenters. The van der Waals surface area contributed by atoms with Gasteiger partial charge in [0.2, 0.25) is 10.0 Å². The van der Waals surface area contributed by atoms with Gasteiger partial charge in [0.1, 0.15) is 10.7 Å². The maximum absolute atomic E-state index is 13.7. The molecule has 8 heteroatoms. The molecule has 1 aliphatic rings. The van der Waals surface area contributed by atoms with Crippen LogP contribution in [0.2, 0.25) is 0 Å². The zero-order valence-corrected chi connectivity index (χ0v) is 12.4. The number of hydrogen-bond donors (Lipinski definition) is 0. The first-order valence-electron chi connectivity index (χ1n) is 6.03. The average molecular weight is 319 g/mol. The summed E-state index contributed by atoms with van der Waals surface area (Å²) in [5.41, 5.74) is 0. The Kier molecular flexibility index (Phi) is 4.66. The lowest BCUT2D eigenvalue weighted by Crippen LogP contribution is -2.40. The second-order valence-electron chi connectivity index (χ2n) is 4.02. The van der Waals surface area contributed by atoms with Crippen LogP contribution in [0.4, 0.5) is 4.39 Å². The molecule has 1 saturated heterocycles. The standard InChI is InChI=1S/C12H14FNO4S2/c1-2-18-12(15)11-14(7-8-19-11)20(16,17)10-6-4-3-5-9(10)13/h3-6,11H,2,7-8H2,1H3. The van der Waals surface area contributed by atoms with Crippen LogP contribution in [0.3, 0.4) is 0 Å². The number of thioether (sulfide) groups is 1. The second-order valence-corrected chi connectivity index (χ2v) is 7.07. The van der Waals surface area contributed by atoms with Crippen LogP contribution in [0.1, 0.15) is 6.92 Å². The van der Waals surface area contributed by atoms with Gasteiger partial charge >= 0.3 is 5.97 Å². The lowest BCUT2D eigenvalue weighted by Gasteiger charge is -2.21. The Bertz CT molecular complexity index is 605. The molecule has 20 heavy (non-hydrogen) atoms. The number of carbonyl (C=O) groups excluding carboxylic acids is 1. The van der Waals surface area contributed by atoms with Crippen molar-refractivity contribution in [3.63, 3.8) is 0 Å². The van der Waals surface area contributed by atoms with Crippen LogP contribution in [-0.4, -0.2) is 43.0 Å². The molecule has 1 heterocycles. The molecular weight excluding hydrogens is 305 g/mol. The molecule has 2 rings (SSSR count). The quantitative estimate of drug-likeness (QED) is 0.786. The van der Waals surface area contributed by atoms with E-state index in [1.54, 1.807) is 6.92 Å². The number of esters is 1. The highest BCUT2D eigenvalue weighted by Gasteiger charge is 2.41. The molecule has 0 saturated carbocycles. The largest absolute Gasteiger partial charge is 0.464 e. The molecule has 0 N–H and O–H groups in total. The minimum atomic E-state index is -4.05. The maximum Gasteiger partial charge on any atom is 0.334 e. The molecule has 1 aliphatic heterocycles. The molecule has 5 nitrogen and oxygen atoms in total. The topological polar surface area (TPSA) is 63.7 Å². The Hall–Kier alpha value is -1.12.